The number of amides is 1. The zero-order chi connectivity index (χ0) is 13.8. The molecule has 0 unspecified atom stereocenters. The highest BCUT2D eigenvalue weighted by atomic mass is 16.3. The number of rotatable bonds is 3. The lowest BCUT2D eigenvalue weighted by atomic mass is 10.1. The van der Waals surface area contributed by atoms with E-state index in [4.69, 9.17) is 0 Å². The normalized spacial score (nSPS) is 10.2. The van der Waals surface area contributed by atoms with Gasteiger partial charge in [0.15, 0.2) is 5.69 Å². The van der Waals surface area contributed by atoms with Crippen LogP contribution in [0.1, 0.15) is 28.5 Å². The van der Waals surface area contributed by atoms with Crippen molar-refractivity contribution in [3.8, 4) is 5.75 Å². The number of benzene rings is 1. The summed E-state index contributed by atoms with van der Waals surface area (Å²) in [5.41, 5.74) is 2.87. The Balaban J connectivity index is 2.32. The first-order chi connectivity index (χ1) is 9.13. The minimum absolute atomic E-state index is 0.0350. The van der Waals surface area contributed by atoms with Gasteiger partial charge in [-0.05, 0) is 36.6 Å². The summed E-state index contributed by atoms with van der Waals surface area (Å²) in [5.74, 6) is -0.520. The van der Waals surface area contributed by atoms with Crippen molar-refractivity contribution in [2.24, 2.45) is 0 Å². The molecule has 1 amide bonds. The molecule has 1 heterocycles. The van der Waals surface area contributed by atoms with E-state index < -0.39 is 5.91 Å². The van der Waals surface area contributed by atoms with E-state index in [2.05, 4.69) is 10.3 Å². The van der Waals surface area contributed by atoms with Crippen molar-refractivity contribution in [2.75, 3.05) is 5.32 Å². The van der Waals surface area contributed by atoms with E-state index in [1.165, 1.54) is 12.3 Å². The maximum Gasteiger partial charge on any atom is 0.278 e. The Morgan fingerprint density at radius 1 is 1.32 bits per heavy atom. The van der Waals surface area contributed by atoms with Gasteiger partial charge in [-0.15, -0.1) is 0 Å². The maximum absolute atomic E-state index is 12.1. The highest BCUT2D eigenvalue weighted by molar-refractivity contribution is 6.05. The van der Waals surface area contributed by atoms with Crippen molar-refractivity contribution in [1.29, 1.82) is 0 Å². The van der Waals surface area contributed by atoms with Crippen molar-refractivity contribution in [2.45, 2.75) is 20.3 Å². The van der Waals surface area contributed by atoms with Crippen LogP contribution >= 0.6 is 0 Å². The number of para-hydroxylation sites is 1. The molecule has 0 atom stereocenters. The molecule has 0 bridgehead atoms. The third-order valence-electron chi connectivity index (χ3n) is 2.98. The predicted octanol–water partition coefficient (Wildman–Crippen LogP) is 2.91. The number of hydrogen-bond acceptors (Lipinski definition) is 3. The van der Waals surface area contributed by atoms with Crippen molar-refractivity contribution in [1.82, 2.24) is 4.98 Å². The molecule has 4 heteroatoms. The Labute approximate surface area is 112 Å². The molecule has 2 N–H and O–H groups in total. The van der Waals surface area contributed by atoms with Crippen LogP contribution in [0.4, 0.5) is 5.69 Å². The molecule has 0 aliphatic rings. The molecule has 98 valence electrons. The molecular weight excluding hydrogens is 240 g/mol. The van der Waals surface area contributed by atoms with Gasteiger partial charge in [0.1, 0.15) is 5.75 Å². The number of aromatic nitrogens is 1. The summed E-state index contributed by atoms with van der Waals surface area (Å²) in [6, 6.07) is 8.90. The van der Waals surface area contributed by atoms with E-state index in [0.717, 1.165) is 23.2 Å². The lowest BCUT2D eigenvalue weighted by molar-refractivity contribution is 0.101. The van der Waals surface area contributed by atoms with Crippen molar-refractivity contribution >= 4 is 11.6 Å². The van der Waals surface area contributed by atoms with E-state index in [9.17, 15) is 9.90 Å². The number of nitrogens with zero attached hydrogens (tertiary/aromatic N) is 1. The monoisotopic (exact) mass is 256 g/mol. The maximum atomic E-state index is 12.1. The molecule has 2 aromatic rings. The van der Waals surface area contributed by atoms with Gasteiger partial charge >= 0.3 is 0 Å². The van der Waals surface area contributed by atoms with E-state index >= 15 is 0 Å². The van der Waals surface area contributed by atoms with Crippen LogP contribution in [0.25, 0.3) is 0 Å². The summed E-state index contributed by atoms with van der Waals surface area (Å²) in [6.07, 6.45) is 2.30. The summed E-state index contributed by atoms with van der Waals surface area (Å²) < 4.78 is 0. The molecule has 1 aromatic heterocycles. The van der Waals surface area contributed by atoms with Crippen LogP contribution in [-0.2, 0) is 6.42 Å². The van der Waals surface area contributed by atoms with Crippen molar-refractivity contribution < 1.29 is 9.90 Å². The molecule has 0 aliphatic heterocycles. The summed E-state index contributed by atoms with van der Waals surface area (Å²) in [7, 11) is 0. The summed E-state index contributed by atoms with van der Waals surface area (Å²) in [5, 5.41) is 12.5. The summed E-state index contributed by atoms with van der Waals surface area (Å²) in [4.78, 5) is 16.0. The number of pyridine rings is 1. The van der Waals surface area contributed by atoms with Gasteiger partial charge in [-0.3, -0.25) is 4.79 Å². The number of carbonyl (C=O) groups excluding carboxylic acids is 1. The SMILES string of the molecule is CCc1cccc(C)c1NC(=O)c1ncccc1O. The minimum Gasteiger partial charge on any atom is -0.505 e. The molecule has 0 aliphatic carbocycles. The average Bonchev–Trinajstić information content (AvgIpc) is 2.41. The average molecular weight is 256 g/mol. The second-order valence-electron chi connectivity index (χ2n) is 4.29. The van der Waals surface area contributed by atoms with Gasteiger partial charge in [0.05, 0.1) is 0 Å². The molecule has 1 aromatic carbocycles. The molecule has 2 rings (SSSR count). The van der Waals surface area contributed by atoms with Crippen molar-refractivity contribution in [3.05, 3.63) is 53.3 Å². The predicted molar refractivity (Wildman–Crippen MR) is 74.4 cm³/mol. The van der Waals surface area contributed by atoms with Crippen LogP contribution in [0.5, 0.6) is 5.75 Å². The topological polar surface area (TPSA) is 62.2 Å². The molecule has 4 nitrogen and oxygen atoms in total. The first kappa shape index (κ1) is 13.1. The number of hydrogen-bond donors (Lipinski definition) is 2. The Morgan fingerprint density at radius 2 is 2.11 bits per heavy atom. The van der Waals surface area contributed by atoms with Gasteiger partial charge in [0, 0.05) is 11.9 Å². The zero-order valence-electron chi connectivity index (χ0n) is 11.0. The van der Waals surface area contributed by atoms with E-state index in [1.807, 2.05) is 32.0 Å². The van der Waals surface area contributed by atoms with Gasteiger partial charge in [0.2, 0.25) is 0 Å². The fourth-order valence-electron chi connectivity index (χ4n) is 1.95. The highest BCUT2D eigenvalue weighted by Crippen LogP contribution is 2.23. The number of aromatic hydroxyl groups is 1. The second kappa shape index (κ2) is 5.52. The molecule has 0 radical (unpaired) electrons. The van der Waals surface area contributed by atoms with Crippen LogP contribution in [0.3, 0.4) is 0 Å². The Hall–Kier alpha value is -2.36. The molecular formula is C15H16N2O2. The van der Waals surface area contributed by atoms with Crippen LogP contribution in [0.2, 0.25) is 0 Å². The lowest BCUT2D eigenvalue weighted by Gasteiger charge is -2.12. The van der Waals surface area contributed by atoms with Gasteiger partial charge in [-0.2, -0.15) is 0 Å². The standard InChI is InChI=1S/C15H16N2O2/c1-3-11-7-4-6-10(2)13(11)17-15(19)14-12(18)8-5-9-16-14/h4-9,18H,3H2,1-2H3,(H,17,19). The van der Waals surface area contributed by atoms with E-state index in [1.54, 1.807) is 6.07 Å². The van der Waals surface area contributed by atoms with Crippen LogP contribution in [-0.4, -0.2) is 16.0 Å². The number of nitrogens with one attached hydrogen (secondary N) is 1. The van der Waals surface area contributed by atoms with Gasteiger partial charge in [0.25, 0.3) is 5.91 Å². The number of anilines is 1. The highest BCUT2D eigenvalue weighted by Gasteiger charge is 2.14. The molecule has 0 spiro atoms. The summed E-state index contributed by atoms with van der Waals surface area (Å²) in [6.45, 7) is 3.97. The van der Waals surface area contributed by atoms with Gasteiger partial charge < -0.3 is 10.4 Å². The lowest BCUT2D eigenvalue weighted by Crippen LogP contribution is -2.15. The summed E-state index contributed by atoms with van der Waals surface area (Å²) >= 11 is 0. The quantitative estimate of drug-likeness (QED) is 0.887. The molecule has 0 saturated carbocycles. The molecule has 0 saturated heterocycles. The third kappa shape index (κ3) is 2.73. The van der Waals surface area contributed by atoms with Crippen LogP contribution in [0, 0.1) is 6.92 Å². The zero-order valence-corrected chi connectivity index (χ0v) is 11.0. The van der Waals surface area contributed by atoms with Gasteiger partial charge in [-0.1, -0.05) is 25.1 Å². The Bertz CT molecular complexity index is 609. The Morgan fingerprint density at radius 3 is 2.79 bits per heavy atom. The fourth-order valence-corrected chi connectivity index (χ4v) is 1.95. The number of aryl methyl sites for hydroxylation is 2. The van der Waals surface area contributed by atoms with Crippen LogP contribution < -0.4 is 5.32 Å². The first-order valence-corrected chi connectivity index (χ1v) is 6.17. The minimum atomic E-state index is -0.401. The molecule has 0 fully saturated rings. The van der Waals surface area contributed by atoms with Crippen LogP contribution in [0.15, 0.2) is 36.5 Å². The smallest absolute Gasteiger partial charge is 0.278 e. The van der Waals surface area contributed by atoms with Gasteiger partial charge in [-0.25, -0.2) is 4.98 Å². The second-order valence-corrected chi connectivity index (χ2v) is 4.29. The third-order valence-corrected chi connectivity index (χ3v) is 2.98. The first-order valence-electron chi connectivity index (χ1n) is 6.17. The van der Waals surface area contributed by atoms with Crippen molar-refractivity contribution in [3.63, 3.8) is 0 Å². The number of carbonyl (C=O) groups is 1. The van der Waals surface area contributed by atoms with E-state index in [-0.39, 0.29) is 11.4 Å². The fraction of sp³-hybridized carbons (Fsp3) is 0.200. The Kier molecular flexibility index (Phi) is 3.80. The molecule has 19 heavy (non-hydrogen) atoms. The van der Waals surface area contributed by atoms with E-state index in [0.29, 0.717) is 0 Å². The largest absolute Gasteiger partial charge is 0.505 e.